The minimum Gasteiger partial charge on any atom is -0.493 e. The van der Waals surface area contributed by atoms with Gasteiger partial charge >= 0.3 is 0 Å². The number of benzene rings is 2. The van der Waals surface area contributed by atoms with Crippen molar-refractivity contribution in [2.75, 3.05) is 31.8 Å². The fourth-order valence-corrected chi connectivity index (χ4v) is 3.75. The molecule has 8 nitrogen and oxygen atoms in total. The summed E-state index contributed by atoms with van der Waals surface area (Å²) in [6.45, 7) is 2.60. The third kappa shape index (κ3) is 6.45. The fraction of sp³-hybridized carbons (Fsp3) is 0.250. The molecule has 0 spiro atoms. The number of anilines is 1. The summed E-state index contributed by atoms with van der Waals surface area (Å²) in [6.07, 6.45) is 3.12. The van der Waals surface area contributed by atoms with E-state index in [9.17, 15) is 18.0 Å². The first-order chi connectivity index (χ1) is 15.6. The van der Waals surface area contributed by atoms with E-state index in [1.165, 1.54) is 18.4 Å². The molecule has 0 atom stereocenters. The maximum Gasteiger partial charge on any atom is 0.291 e. The molecule has 33 heavy (non-hydrogen) atoms. The average Bonchev–Trinajstić information content (AvgIpc) is 3.32. The van der Waals surface area contributed by atoms with Gasteiger partial charge in [-0.3, -0.25) is 9.59 Å². The van der Waals surface area contributed by atoms with Gasteiger partial charge in [-0.2, -0.15) is 0 Å². The Morgan fingerprint density at radius 2 is 1.88 bits per heavy atom. The molecule has 0 aliphatic carbocycles. The lowest BCUT2D eigenvalue weighted by Crippen LogP contribution is -2.28. The third-order valence-electron chi connectivity index (χ3n) is 4.96. The van der Waals surface area contributed by atoms with Crippen LogP contribution in [0, 0.1) is 6.92 Å². The van der Waals surface area contributed by atoms with Gasteiger partial charge in [-0.15, -0.1) is 0 Å². The number of amides is 2. The number of furan rings is 1. The third-order valence-corrected chi connectivity index (χ3v) is 6.07. The minimum atomic E-state index is -3.30. The molecule has 174 valence electrons. The highest BCUT2D eigenvalue weighted by atomic mass is 32.2. The van der Waals surface area contributed by atoms with E-state index >= 15 is 0 Å². The van der Waals surface area contributed by atoms with Crippen LogP contribution in [0.1, 0.15) is 32.9 Å². The Labute approximate surface area is 193 Å². The molecule has 0 aliphatic rings. The largest absolute Gasteiger partial charge is 0.493 e. The van der Waals surface area contributed by atoms with Crippen molar-refractivity contribution in [2.24, 2.45) is 0 Å². The number of rotatable bonds is 9. The van der Waals surface area contributed by atoms with E-state index in [0.29, 0.717) is 36.6 Å². The summed E-state index contributed by atoms with van der Waals surface area (Å²) in [5.41, 5.74) is 1.79. The van der Waals surface area contributed by atoms with Gasteiger partial charge in [-0.05, 0) is 61.4 Å². The molecule has 3 rings (SSSR count). The van der Waals surface area contributed by atoms with Gasteiger partial charge in [0, 0.05) is 31.1 Å². The van der Waals surface area contributed by atoms with E-state index in [-0.39, 0.29) is 16.6 Å². The number of hydrogen-bond acceptors (Lipinski definition) is 6. The normalized spacial score (nSPS) is 11.1. The smallest absolute Gasteiger partial charge is 0.291 e. The molecule has 2 amide bonds. The molecule has 1 N–H and O–H groups in total. The van der Waals surface area contributed by atoms with E-state index < -0.39 is 15.7 Å². The van der Waals surface area contributed by atoms with Gasteiger partial charge in [0.25, 0.3) is 11.8 Å². The Hall–Kier alpha value is -3.59. The molecule has 9 heteroatoms. The number of nitrogens with zero attached hydrogens (tertiary/aromatic N) is 1. The van der Waals surface area contributed by atoms with Crippen LogP contribution in [-0.2, 0) is 9.84 Å². The van der Waals surface area contributed by atoms with Crippen molar-refractivity contribution < 1.29 is 27.2 Å². The van der Waals surface area contributed by atoms with Gasteiger partial charge in [0.1, 0.15) is 5.75 Å². The molecule has 0 aliphatic heterocycles. The van der Waals surface area contributed by atoms with E-state index in [1.54, 1.807) is 54.4 Å². The van der Waals surface area contributed by atoms with Gasteiger partial charge < -0.3 is 19.4 Å². The Balaban J connectivity index is 1.55. The highest BCUT2D eigenvalue weighted by Gasteiger charge is 2.16. The number of aryl methyl sites for hydroxylation is 1. The highest BCUT2D eigenvalue weighted by molar-refractivity contribution is 7.90. The van der Waals surface area contributed by atoms with Gasteiger partial charge in [0.2, 0.25) is 0 Å². The van der Waals surface area contributed by atoms with Crippen LogP contribution in [0.25, 0.3) is 0 Å². The van der Waals surface area contributed by atoms with Crippen molar-refractivity contribution >= 4 is 27.3 Å². The summed E-state index contributed by atoms with van der Waals surface area (Å²) in [4.78, 5) is 26.9. The van der Waals surface area contributed by atoms with Gasteiger partial charge in [-0.25, -0.2) is 8.42 Å². The number of sulfone groups is 1. The quantitative estimate of drug-likeness (QED) is 0.477. The molecule has 0 unspecified atom stereocenters. The standard InChI is InChI=1S/C24H26N2O6S/c1-17-10-11-18(15-21(17)25-23(27)22-9-5-13-32-22)24(28)26(2)12-6-14-31-19-7-4-8-20(16-19)33(3,29)30/h4-5,7-11,13,15-16H,6,12,14H2,1-3H3,(H,25,27). The zero-order chi connectivity index (χ0) is 24.0. The maximum absolute atomic E-state index is 12.8. The van der Waals surface area contributed by atoms with Gasteiger partial charge in [-0.1, -0.05) is 12.1 Å². The Morgan fingerprint density at radius 1 is 1.09 bits per heavy atom. The monoisotopic (exact) mass is 470 g/mol. The first kappa shape index (κ1) is 24.1. The minimum absolute atomic E-state index is 0.185. The first-order valence-corrected chi connectivity index (χ1v) is 12.2. The second kappa shape index (κ2) is 10.4. The number of carbonyl (C=O) groups excluding carboxylic acids is 2. The van der Waals surface area contributed by atoms with Crippen LogP contribution in [0.5, 0.6) is 5.75 Å². The van der Waals surface area contributed by atoms with Crippen LogP contribution >= 0.6 is 0 Å². The molecule has 2 aromatic carbocycles. The van der Waals surface area contributed by atoms with Crippen molar-refractivity contribution in [2.45, 2.75) is 18.2 Å². The fourth-order valence-electron chi connectivity index (χ4n) is 3.09. The molecular formula is C24H26N2O6S. The summed E-state index contributed by atoms with van der Waals surface area (Å²) in [7, 11) is -1.61. The predicted octanol–water partition coefficient (Wildman–Crippen LogP) is 3.78. The lowest BCUT2D eigenvalue weighted by Gasteiger charge is -2.18. The summed E-state index contributed by atoms with van der Waals surface area (Å²) in [5.74, 6) is 0.0633. The molecule has 0 saturated heterocycles. The van der Waals surface area contributed by atoms with Crippen molar-refractivity contribution in [3.63, 3.8) is 0 Å². The van der Waals surface area contributed by atoms with Crippen LogP contribution in [0.2, 0.25) is 0 Å². The molecule has 0 bridgehead atoms. The second-order valence-electron chi connectivity index (χ2n) is 7.64. The van der Waals surface area contributed by atoms with Crippen molar-refractivity contribution in [1.82, 2.24) is 4.90 Å². The topological polar surface area (TPSA) is 106 Å². The van der Waals surface area contributed by atoms with Crippen LogP contribution in [0.4, 0.5) is 5.69 Å². The number of hydrogen-bond donors (Lipinski definition) is 1. The zero-order valence-electron chi connectivity index (χ0n) is 18.7. The Bertz CT molecular complexity index is 1240. The van der Waals surface area contributed by atoms with Crippen LogP contribution < -0.4 is 10.1 Å². The average molecular weight is 471 g/mol. The Kier molecular flexibility index (Phi) is 7.55. The van der Waals surface area contributed by atoms with Crippen LogP contribution in [-0.4, -0.2) is 51.6 Å². The van der Waals surface area contributed by atoms with Crippen LogP contribution in [0.3, 0.4) is 0 Å². The summed E-state index contributed by atoms with van der Waals surface area (Å²) >= 11 is 0. The molecule has 0 fully saturated rings. The van der Waals surface area contributed by atoms with Gasteiger partial charge in [0.15, 0.2) is 15.6 Å². The SMILES string of the molecule is Cc1ccc(C(=O)N(C)CCCOc2cccc(S(C)(=O)=O)c2)cc1NC(=O)c1ccco1. The van der Waals surface area contributed by atoms with Crippen molar-refractivity contribution in [3.8, 4) is 5.75 Å². The summed E-state index contributed by atoms with van der Waals surface area (Å²) in [5, 5.41) is 2.77. The number of carbonyl (C=O) groups is 2. The molecule has 3 aromatic rings. The van der Waals surface area contributed by atoms with E-state index in [0.717, 1.165) is 11.8 Å². The first-order valence-electron chi connectivity index (χ1n) is 10.3. The lowest BCUT2D eigenvalue weighted by molar-refractivity contribution is 0.0787. The molecule has 1 aromatic heterocycles. The summed E-state index contributed by atoms with van der Waals surface area (Å²) in [6, 6.07) is 14.6. The molecule has 0 saturated carbocycles. The molecular weight excluding hydrogens is 444 g/mol. The van der Waals surface area contributed by atoms with E-state index in [4.69, 9.17) is 9.15 Å². The van der Waals surface area contributed by atoms with Crippen LogP contribution in [0.15, 0.2) is 70.2 Å². The van der Waals surface area contributed by atoms with Crippen molar-refractivity contribution in [1.29, 1.82) is 0 Å². The molecule has 1 heterocycles. The van der Waals surface area contributed by atoms with Crippen molar-refractivity contribution in [3.05, 3.63) is 77.7 Å². The summed E-state index contributed by atoms with van der Waals surface area (Å²) < 4.78 is 34.0. The highest BCUT2D eigenvalue weighted by Crippen LogP contribution is 2.20. The van der Waals surface area contributed by atoms with E-state index in [1.807, 2.05) is 6.92 Å². The zero-order valence-corrected chi connectivity index (χ0v) is 19.5. The number of ether oxygens (including phenoxy) is 1. The van der Waals surface area contributed by atoms with Gasteiger partial charge in [0.05, 0.1) is 17.8 Å². The lowest BCUT2D eigenvalue weighted by atomic mass is 10.1. The van der Waals surface area contributed by atoms with E-state index in [2.05, 4.69) is 5.32 Å². The molecule has 0 radical (unpaired) electrons. The predicted molar refractivity (Wildman–Crippen MR) is 124 cm³/mol. The number of nitrogens with one attached hydrogen (secondary N) is 1. The second-order valence-corrected chi connectivity index (χ2v) is 9.65. The maximum atomic E-state index is 12.8. The Morgan fingerprint density at radius 3 is 2.58 bits per heavy atom.